The molecule has 6 nitrogen and oxygen atoms in total. The SMILES string of the molecule is CCCNc1cc([N+](=O)[O-])cc(NCc2sccc2C)n1. The minimum absolute atomic E-state index is 0.0361. The minimum Gasteiger partial charge on any atom is -0.370 e. The first-order chi connectivity index (χ1) is 10.1. The van der Waals surface area contributed by atoms with Crippen molar-refractivity contribution in [3.8, 4) is 0 Å². The molecule has 0 saturated carbocycles. The van der Waals surface area contributed by atoms with Crippen LogP contribution in [0.1, 0.15) is 23.8 Å². The van der Waals surface area contributed by atoms with E-state index in [9.17, 15) is 10.1 Å². The molecular formula is C14H18N4O2S. The number of nitro groups is 1. The lowest BCUT2D eigenvalue weighted by Gasteiger charge is -2.09. The van der Waals surface area contributed by atoms with Gasteiger partial charge in [-0.15, -0.1) is 11.3 Å². The van der Waals surface area contributed by atoms with Gasteiger partial charge in [-0.2, -0.15) is 0 Å². The summed E-state index contributed by atoms with van der Waals surface area (Å²) in [6.07, 6.45) is 0.932. The lowest BCUT2D eigenvalue weighted by atomic mass is 10.3. The molecule has 112 valence electrons. The molecule has 0 radical (unpaired) electrons. The topological polar surface area (TPSA) is 80.1 Å². The normalized spacial score (nSPS) is 10.4. The molecule has 0 fully saturated rings. The van der Waals surface area contributed by atoms with Crippen molar-refractivity contribution >= 4 is 28.7 Å². The number of aromatic nitrogens is 1. The molecule has 0 aliphatic heterocycles. The largest absolute Gasteiger partial charge is 0.370 e. The monoisotopic (exact) mass is 306 g/mol. The molecule has 2 aromatic rings. The molecule has 2 N–H and O–H groups in total. The highest BCUT2D eigenvalue weighted by molar-refractivity contribution is 7.10. The third kappa shape index (κ3) is 4.16. The molecule has 7 heteroatoms. The Kier molecular flexibility index (Phi) is 5.10. The molecule has 2 heterocycles. The van der Waals surface area contributed by atoms with Crippen LogP contribution in [-0.2, 0) is 6.54 Å². The predicted octanol–water partition coefficient (Wildman–Crippen LogP) is 3.79. The van der Waals surface area contributed by atoms with Crippen LogP contribution in [-0.4, -0.2) is 16.5 Å². The third-order valence-electron chi connectivity index (χ3n) is 2.98. The summed E-state index contributed by atoms with van der Waals surface area (Å²) in [5.41, 5.74) is 1.25. The van der Waals surface area contributed by atoms with E-state index in [0.29, 0.717) is 18.2 Å². The van der Waals surface area contributed by atoms with E-state index in [1.54, 1.807) is 11.3 Å². The second kappa shape index (κ2) is 7.03. The Hall–Kier alpha value is -2.15. The van der Waals surface area contributed by atoms with E-state index >= 15 is 0 Å². The minimum atomic E-state index is -0.402. The van der Waals surface area contributed by atoms with Gasteiger partial charge in [0.1, 0.15) is 11.6 Å². The summed E-state index contributed by atoms with van der Waals surface area (Å²) >= 11 is 1.66. The fraction of sp³-hybridized carbons (Fsp3) is 0.357. The van der Waals surface area contributed by atoms with Crippen LogP contribution in [0.25, 0.3) is 0 Å². The second-order valence-corrected chi connectivity index (χ2v) is 5.66. The molecule has 0 amide bonds. The maximum atomic E-state index is 11.0. The molecule has 0 spiro atoms. The maximum Gasteiger partial charge on any atom is 0.276 e. The molecular weight excluding hydrogens is 288 g/mol. The van der Waals surface area contributed by atoms with Gasteiger partial charge in [0.05, 0.1) is 23.6 Å². The molecule has 0 atom stereocenters. The average Bonchev–Trinajstić information content (AvgIpc) is 2.88. The van der Waals surface area contributed by atoms with Gasteiger partial charge in [-0.1, -0.05) is 6.92 Å². The Labute approximate surface area is 127 Å². The first-order valence-corrected chi connectivity index (χ1v) is 7.65. The van der Waals surface area contributed by atoms with E-state index in [0.717, 1.165) is 13.0 Å². The third-order valence-corrected chi connectivity index (χ3v) is 4.00. The standard InChI is InChI=1S/C14H18N4O2S/c1-3-5-15-13-7-11(18(19)20)8-14(17-13)16-9-12-10(2)4-6-21-12/h4,6-8H,3,5,9H2,1-2H3,(H2,15,16,17). The zero-order valence-corrected chi connectivity index (χ0v) is 12.9. The number of rotatable bonds is 7. The van der Waals surface area contributed by atoms with Gasteiger partial charge in [0.2, 0.25) is 0 Å². The van der Waals surface area contributed by atoms with Crippen LogP contribution in [0, 0.1) is 17.0 Å². The predicted molar refractivity (Wildman–Crippen MR) is 86.1 cm³/mol. The molecule has 2 rings (SSSR count). The number of hydrogen-bond acceptors (Lipinski definition) is 6. The van der Waals surface area contributed by atoms with Gasteiger partial charge in [-0.3, -0.25) is 10.1 Å². The quantitative estimate of drug-likeness (QED) is 0.601. The molecule has 0 aliphatic carbocycles. The average molecular weight is 306 g/mol. The highest BCUT2D eigenvalue weighted by atomic mass is 32.1. The Morgan fingerprint density at radius 3 is 2.62 bits per heavy atom. The number of anilines is 2. The van der Waals surface area contributed by atoms with Crippen molar-refractivity contribution < 1.29 is 4.92 Å². The van der Waals surface area contributed by atoms with E-state index in [4.69, 9.17) is 0 Å². The van der Waals surface area contributed by atoms with E-state index in [-0.39, 0.29) is 5.69 Å². The van der Waals surface area contributed by atoms with E-state index < -0.39 is 4.92 Å². The molecule has 21 heavy (non-hydrogen) atoms. The zero-order chi connectivity index (χ0) is 15.2. The zero-order valence-electron chi connectivity index (χ0n) is 12.0. The number of nitrogens with one attached hydrogen (secondary N) is 2. The Balaban J connectivity index is 2.15. The van der Waals surface area contributed by atoms with Crippen LogP contribution in [0.2, 0.25) is 0 Å². The first kappa shape index (κ1) is 15.2. The summed E-state index contributed by atoms with van der Waals surface area (Å²) in [6.45, 7) is 5.42. The molecule has 0 saturated heterocycles. The van der Waals surface area contributed by atoms with Crippen molar-refractivity contribution in [2.24, 2.45) is 0 Å². The maximum absolute atomic E-state index is 11.0. The highest BCUT2D eigenvalue weighted by Gasteiger charge is 2.11. The van der Waals surface area contributed by atoms with Gasteiger partial charge in [-0.05, 0) is 30.4 Å². The molecule has 0 aromatic carbocycles. The number of nitrogens with zero attached hydrogens (tertiary/aromatic N) is 2. The van der Waals surface area contributed by atoms with Gasteiger partial charge < -0.3 is 10.6 Å². The summed E-state index contributed by atoms with van der Waals surface area (Å²) in [6, 6.07) is 4.97. The fourth-order valence-corrected chi connectivity index (χ4v) is 2.66. The van der Waals surface area contributed by atoms with E-state index in [1.807, 2.05) is 19.2 Å². The highest BCUT2D eigenvalue weighted by Crippen LogP contribution is 2.22. The molecule has 0 unspecified atom stereocenters. The second-order valence-electron chi connectivity index (χ2n) is 4.66. The van der Waals surface area contributed by atoms with Crippen LogP contribution < -0.4 is 10.6 Å². The summed E-state index contributed by atoms with van der Waals surface area (Å²) in [4.78, 5) is 16.1. The number of aryl methyl sites for hydroxylation is 1. The summed E-state index contributed by atoms with van der Waals surface area (Å²) < 4.78 is 0. The van der Waals surface area contributed by atoms with Crippen LogP contribution >= 0.6 is 11.3 Å². The molecule has 0 bridgehead atoms. The molecule has 0 aliphatic rings. The lowest BCUT2D eigenvalue weighted by molar-refractivity contribution is -0.384. The van der Waals surface area contributed by atoms with Crippen LogP contribution in [0.5, 0.6) is 0 Å². The van der Waals surface area contributed by atoms with Crippen molar-refractivity contribution in [1.82, 2.24) is 4.98 Å². The Morgan fingerprint density at radius 1 is 1.33 bits per heavy atom. The van der Waals surface area contributed by atoms with Crippen molar-refractivity contribution in [1.29, 1.82) is 0 Å². The van der Waals surface area contributed by atoms with Crippen molar-refractivity contribution in [2.75, 3.05) is 17.2 Å². The van der Waals surface area contributed by atoms with E-state index in [2.05, 4.69) is 21.7 Å². The van der Waals surface area contributed by atoms with Gasteiger partial charge in [0.25, 0.3) is 5.69 Å². The fourth-order valence-electron chi connectivity index (χ4n) is 1.81. The van der Waals surface area contributed by atoms with Crippen LogP contribution in [0.4, 0.5) is 17.3 Å². The summed E-state index contributed by atoms with van der Waals surface area (Å²) in [7, 11) is 0. The van der Waals surface area contributed by atoms with Gasteiger partial charge in [0.15, 0.2) is 0 Å². The van der Waals surface area contributed by atoms with Crippen LogP contribution in [0.3, 0.4) is 0 Å². The Bertz CT molecular complexity index is 627. The summed E-state index contributed by atoms with van der Waals surface area (Å²) in [5.74, 6) is 1.03. The van der Waals surface area contributed by atoms with Crippen molar-refractivity contribution in [3.63, 3.8) is 0 Å². The van der Waals surface area contributed by atoms with Gasteiger partial charge >= 0.3 is 0 Å². The molecule has 2 aromatic heterocycles. The van der Waals surface area contributed by atoms with Gasteiger partial charge in [0, 0.05) is 11.4 Å². The number of pyridine rings is 1. The van der Waals surface area contributed by atoms with Crippen LogP contribution in [0.15, 0.2) is 23.6 Å². The van der Waals surface area contributed by atoms with Crippen molar-refractivity contribution in [3.05, 3.63) is 44.1 Å². The first-order valence-electron chi connectivity index (χ1n) is 6.77. The Morgan fingerprint density at radius 2 is 2.05 bits per heavy atom. The lowest BCUT2D eigenvalue weighted by Crippen LogP contribution is -2.06. The number of hydrogen-bond donors (Lipinski definition) is 2. The van der Waals surface area contributed by atoms with Crippen molar-refractivity contribution in [2.45, 2.75) is 26.8 Å². The summed E-state index contributed by atoms with van der Waals surface area (Å²) in [5, 5.41) is 19.3. The number of thiophene rings is 1. The van der Waals surface area contributed by atoms with E-state index in [1.165, 1.54) is 22.6 Å². The van der Waals surface area contributed by atoms with Gasteiger partial charge in [-0.25, -0.2) is 4.98 Å². The smallest absolute Gasteiger partial charge is 0.276 e.